The SMILES string of the molecule is CN(N)C(=N)[Se]. The topological polar surface area (TPSA) is 53.1 Å². The van der Waals surface area contributed by atoms with Crippen molar-refractivity contribution >= 4 is 20.7 Å². The molecule has 1 radical (unpaired) electrons. The van der Waals surface area contributed by atoms with Crippen molar-refractivity contribution in [3.63, 3.8) is 0 Å². The van der Waals surface area contributed by atoms with E-state index in [2.05, 4.69) is 16.0 Å². The normalized spacial score (nSPS) is 7.67. The van der Waals surface area contributed by atoms with Crippen molar-refractivity contribution in [3.05, 3.63) is 0 Å². The van der Waals surface area contributed by atoms with Crippen molar-refractivity contribution in [2.24, 2.45) is 5.84 Å². The Morgan fingerprint density at radius 2 is 2.17 bits per heavy atom. The third-order valence-electron chi connectivity index (χ3n) is 0.320. The van der Waals surface area contributed by atoms with Gasteiger partial charge in [-0.05, 0) is 0 Å². The van der Waals surface area contributed by atoms with Crippen LogP contribution in [0.5, 0.6) is 0 Å². The molecule has 0 rings (SSSR count). The van der Waals surface area contributed by atoms with E-state index < -0.39 is 0 Å². The minimum absolute atomic E-state index is 0.245. The molecule has 0 aliphatic carbocycles. The fourth-order valence-electron chi connectivity index (χ4n) is 0. The molecular weight excluding hydrogens is 145 g/mol. The summed E-state index contributed by atoms with van der Waals surface area (Å²) >= 11 is 2.42. The molecule has 0 aromatic carbocycles. The zero-order valence-electron chi connectivity index (χ0n) is 3.43. The second-order valence-electron chi connectivity index (χ2n) is 0.916. The Kier molecular flexibility index (Phi) is 2.16. The average Bonchev–Trinajstić information content (AvgIpc) is 1.36. The first-order valence-electron chi connectivity index (χ1n) is 1.38. The Bertz CT molecular complexity index is 59.8. The van der Waals surface area contributed by atoms with Crippen LogP contribution < -0.4 is 5.84 Å². The van der Waals surface area contributed by atoms with Gasteiger partial charge in [0.1, 0.15) is 0 Å². The number of hydrogen-bond acceptors (Lipinski definition) is 2. The first kappa shape index (κ1) is 5.95. The molecule has 0 aromatic heterocycles. The summed E-state index contributed by atoms with van der Waals surface area (Å²) in [6, 6.07) is 0. The molecule has 3 N–H and O–H groups in total. The Morgan fingerprint density at radius 1 is 2.00 bits per heavy atom. The zero-order chi connectivity index (χ0) is 5.15. The standard InChI is InChI=1S/C2H6N3Se/c1-5(4)2(3)6/h3H,4H2,1H3. The minimum atomic E-state index is 0.245. The van der Waals surface area contributed by atoms with Gasteiger partial charge in [-0.2, -0.15) is 0 Å². The van der Waals surface area contributed by atoms with Crippen LogP contribution >= 0.6 is 0 Å². The summed E-state index contributed by atoms with van der Waals surface area (Å²) in [6.07, 6.45) is 0. The van der Waals surface area contributed by atoms with Crippen LogP contribution in [0.25, 0.3) is 0 Å². The van der Waals surface area contributed by atoms with E-state index >= 15 is 0 Å². The van der Waals surface area contributed by atoms with Gasteiger partial charge >= 0.3 is 44.1 Å². The molecule has 0 amide bonds. The molecule has 0 heterocycles. The van der Waals surface area contributed by atoms with Crippen molar-refractivity contribution in [3.8, 4) is 0 Å². The van der Waals surface area contributed by atoms with E-state index in [1.807, 2.05) is 0 Å². The summed E-state index contributed by atoms with van der Waals surface area (Å²) < 4.78 is 0.245. The average molecular weight is 151 g/mol. The summed E-state index contributed by atoms with van der Waals surface area (Å²) in [5.74, 6) is 5.01. The van der Waals surface area contributed by atoms with Gasteiger partial charge in [-0.3, -0.25) is 0 Å². The van der Waals surface area contributed by atoms with Gasteiger partial charge in [0, 0.05) is 0 Å². The molecule has 0 saturated carbocycles. The molecule has 4 heteroatoms. The molecule has 0 aromatic rings. The first-order valence-corrected chi connectivity index (χ1v) is 2.24. The molecule has 0 aliphatic heterocycles. The predicted octanol–water partition coefficient (Wildman–Crippen LogP) is -1.10. The van der Waals surface area contributed by atoms with Gasteiger partial charge in [0.2, 0.25) is 0 Å². The van der Waals surface area contributed by atoms with E-state index in [-0.39, 0.29) is 4.73 Å². The van der Waals surface area contributed by atoms with E-state index in [1.165, 1.54) is 5.01 Å². The van der Waals surface area contributed by atoms with Crippen molar-refractivity contribution in [2.75, 3.05) is 7.05 Å². The molecule has 0 unspecified atom stereocenters. The Balaban J connectivity index is 3.26. The fourth-order valence-corrected chi connectivity index (χ4v) is 0. The number of amidine groups is 1. The van der Waals surface area contributed by atoms with Gasteiger partial charge in [0.15, 0.2) is 0 Å². The van der Waals surface area contributed by atoms with Gasteiger partial charge in [-0.15, -0.1) is 0 Å². The maximum absolute atomic E-state index is 6.69. The van der Waals surface area contributed by atoms with E-state index in [9.17, 15) is 0 Å². The van der Waals surface area contributed by atoms with Crippen LogP contribution in [0, 0.1) is 5.41 Å². The zero-order valence-corrected chi connectivity index (χ0v) is 5.15. The Labute approximate surface area is 44.8 Å². The van der Waals surface area contributed by atoms with Crippen molar-refractivity contribution in [1.29, 1.82) is 5.41 Å². The van der Waals surface area contributed by atoms with Crippen LogP contribution in [0.3, 0.4) is 0 Å². The summed E-state index contributed by atoms with van der Waals surface area (Å²) in [4.78, 5) is 0. The summed E-state index contributed by atoms with van der Waals surface area (Å²) in [5.41, 5.74) is 0. The molecule has 0 aliphatic rings. The quantitative estimate of drug-likeness (QED) is 0.152. The molecule has 35 valence electrons. The van der Waals surface area contributed by atoms with Crippen LogP contribution in [-0.2, 0) is 0 Å². The number of hydrazine groups is 1. The second-order valence-corrected chi connectivity index (χ2v) is 1.73. The fraction of sp³-hybridized carbons (Fsp3) is 0.500. The Morgan fingerprint density at radius 3 is 2.17 bits per heavy atom. The van der Waals surface area contributed by atoms with Crippen LogP contribution in [-0.4, -0.2) is 32.8 Å². The third kappa shape index (κ3) is 2.20. The molecule has 3 nitrogen and oxygen atoms in total. The van der Waals surface area contributed by atoms with Gasteiger partial charge in [0.05, 0.1) is 0 Å². The molecule has 0 spiro atoms. The molecule has 6 heavy (non-hydrogen) atoms. The van der Waals surface area contributed by atoms with Gasteiger partial charge in [0.25, 0.3) is 0 Å². The van der Waals surface area contributed by atoms with Crippen molar-refractivity contribution in [1.82, 2.24) is 5.01 Å². The number of hydrogen-bond donors (Lipinski definition) is 2. The van der Waals surface area contributed by atoms with Crippen LogP contribution in [0.1, 0.15) is 0 Å². The molecule has 0 fully saturated rings. The molecule has 0 saturated heterocycles. The van der Waals surface area contributed by atoms with Gasteiger partial charge < -0.3 is 0 Å². The molecule has 0 atom stereocenters. The summed E-state index contributed by atoms with van der Waals surface area (Å²) in [6.45, 7) is 0. The number of nitrogens with one attached hydrogen (secondary N) is 1. The van der Waals surface area contributed by atoms with Gasteiger partial charge in [-0.25, -0.2) is 0 Å². The first-order chi connectivity index (χ1) is 2.64. The summed E-state index contributed by atoms with van der Waals surface area (Å²) in [7, 11) is 1.60. The van der Waals surface area contributed by atoms with E-state index in [0.29, 0.717) is 0 Å². The van der Waals surface area contributed by atoms with Crippen LogP contribution in [0.2, 0.25) is 0 Å². The van der Waals surface area contributed by atoms with E-state index in [1.54, 1.807) is 7.05 Å². The van der Waals surface area contributed by atoms with Gasteiger partial charge in [-0.1, -0.05) is 0 Å². The molecular formula is C2H6N3Se. The van der Waals surface area contributed by atoms with E-state index in [4.69, 9.17) is 11.3 Å². The number of rotatable bonds is 0. The molecule has 0 bridgehead atoms. The number of nitrogens with zero attached hydrogens (tertiary/aromatic N) is 1. The van der Waals surface area contributed by atoms with Crippen molar-refractivity contribution in [2.45, 2.75) is 0 Å². The van der Waals surface area contributed by atoms with Crippen LogP contribution in [0.4, 0.5) is 0 Å². The monoisotopic (exact) mass is 152 g/mol. The predicted molar refractivity (Wildman–Crippen MR) is 25.4 cm³/mol. The number of nitrogens with two attached hydrogens (primary N) is 1. The maximum atomic E-state index is 6.69. The second kappa shape index (κ2) is 2.18. The van der Waals surface area contributed by atoms with Crippen LogP contribution in [0.15, 0.2) is 0 Å². The van der Waals surface area contributed by atoms with Crippen molar-refractivity contribution < 1.29 is 0 Å². The van der Waals surface area contributed by atoms with E-state index in [0.717, 1.165) is 0 Å². The summed E-state index contributed by atoms with van der Waals surface area (Å²) in [5, 5.41) is 7.89. The Hall–Kier alpha value is -0.0505. The third-order valence-corrected chi connectivity index (χ3v) is 0.925.